The largest absolute Gasteiger partial charge is 0.469 e. The summed E-state index contributed by atoms with van der Waals surface area (Å²) in [5.41, 5.74) is 1.34. The molecule has 0 saturated heterocycles. The van der Waals surface area contributed by atoms with Gasteiger partial charge in [-0.15, -0.1) is 0 Å². The zero-order valence-corrected chi connectivity index (χ0v) is 9.44. The Bertz CT molecular complexity index is 475. The van der Waals surface area contributed by atoms with Crippen molar-refractivity contribution in [2.24, 2.45) is 0 Å². The van der Waals surface area contributed by atoms with Gasteiger partial charge in [0.05, 0.1) is 26.0 Å². The fourth-order valence-electron chi connectivity index (χ4n) is 1.33. The molecule has 0 atom stereocenters. The third kappa shape index (κ3) is 4.07. The third-order valence-electron chi connectivity index (χ3n) is 2.19. The molecule has 1 aromatic rings. The van der Waals surface area contributed by atoms with Crippen molar-refractivity contribution in [2.75, 3.05) is 7.11 Å². The second-order valence-electron chi connectivity index (χ2n) is 3.36. The standard InChI is InChI=1S/C13H12FNO2/c1-17-13(16)4-2-3-11-9-12(14)6-5-10(11)7-8-15/h2-3,5-6,9H,4,7H2,1H3. The van der Waals surface area contributed by atoms with E-state index in [1.165, 1.54) is 19.2 Å². The van der Waals surface area contributed by atoms with Crippen molar-refractivity contribution < 1.29 is 13.9 Å². The molecular formula is C13H12FNO2. The van der Waals surface area contributed by atoms with E-state index in [1.807, 2.05) is 6.07 Å². The quantitative estimate of drug-likeness (QED) is 0.750. The monoisotopic (exact) mass is 233 g/mol. The first-order chi connectivity index (χ1) is 8.17. The lowest BCUT2D eigenvalue weighted by Gasteiger charge is -2.01. The molecule has 88 valence electrons. The lowest BCUT2D eigenvalue weighted by molar-refractivity contribution is -0.139. The van der Waals surface area contributed by atoms with Crippen LogP contribution in [0.3, 0.4) is 0 Å². The van der Waals surface area contributed by atoms with Crippen molar-refractivity contribution in [3.8, 4) is 6.07 Å². The van der Waals surface area contributed by atoms with E-state index in [2.05, 4.69) is 4.74 Å². The average molecular weight is 233 g/mol. The molecule has 17 heavy (non-hydrogen) atoms. The van der Waals surface area contributed by atoms with Gasteiger partial charge in [0.25, 0.3) is 0 Å². The van der Waals surface area contributed by atoms with Crippen molar-refractivity contribution in [1.29, 1.82) is 5.26 Å². The number of esters is 1. The van der Waals surface area contributed by atoms with E-state index in [1.54, 1.807) is 18.2 Å². The number of methoxy groups -OCH3 is 1. The van der Waals surface area contributed by atoms with Crippen LogP contribution in [0.2, 0.25) is 0 Å². The molecule has 0 saturated carbocycles. The van der Waals surface area contributed by atoms with Crippen molar-refractivity contribution in [1.82, 2.24) is 0 Å². The van der Waals surface area contributed by atoms with Gasteiger partial charge < -0.3 is 4.74 Å². The van der Waals surface area contributed by atoms with Gasteiger partial charge in [-0.3, -0.25) is 4.79 Å². The van der Waals surface area contributed by atoms with Gasteiger partial charge in [-0.05, 0) is 23.3 Å². The second kappa shape index (κ2) is 6.44. The van der Waals surface area contributed by atoms with Crippen molar-refractivity contribution in [2.45, 2.75) is 12.8 Å². The number of carbonyl (C=O) groups excluding carboxylic acids is 1. The highest BCUT2D eigenvalue weighted by Gasteiger charge is 2.01. The van der Waals surface area contributed by atoms with Crippen LogP contribution in [0.25, 0.3) is 6.08 Å². The summed E-state index contributed by atoms with van der Waals surface area (Å²) in [5, 5.41) is 8.62. The van der Waals surface area contributed by atoms with E-state index in [-0.39, 0.29) is 24.6 Å². The molecule has 0 unspecified atom stereocenters. The van der Waals surface area contributed by atoms with E-state index in [0.29, 0.717) is 5.56 Å². The summed E-state index contributed by atoms with van der Waals surface area (Å²) in [6.07, 6.45) is 3.53. The van der Waals surface area contributed by atoms with Crippen LogP contribution in [-0.2, 0) is 16.0 Å². The highest BCUT2D eigenvalue weighted by molar-refractivity contribution is 5.72. The molecule has 0 aliphatic rings. The summed E-state index contributed by atoms with van der Waals surface area (Å²) in [6, 6.07) is 6.22. The lowest BCUT2D eigenvalue weighted by atomic mass is 10.0. The van der Waals surface area contributed by atoms with Gasteiger partial charge in [0.15, 0.2) is 0 Å². The van der Waals surface area contributed by atoms with E-state index >= 15 is 0 Å². The number of hydrogen-bond acceptors (Lipinski definition) is 3. The molecular weight excluding hydrogens is 221 g/mol. The molecule has 0 aliphatic heterocycles. The summed E-state index contributed by atoms with van der Waals surface area (Å²) >= 11 is 0. The van der Waals surface area contributed by atoms with Gasteiger partial charge in [0.2, 0.25) is 0 Å². The molecule has 0 aliphatic carbocycles. The van der Waals surface area contributed by atoms with Crippen molar-refractivity contribution in [3.05, 3.63) is 41.2 Å². The zero-order valence-electron chi connectivity index (χ0n) is 9.44. The number of halogens is 1. The highest BCUT2D eigenvalue weighted by Crippen LogP contribution is 2.14. The molecule has 1 aromatic carbocycles. The number of nitrogens with zero attached hydrogens (tertiary/aromatic N) is 1. The molecule has 4 heteroatoms. The van der Waals surface area contributed by atoms with Crippen LogP contribution in [0.5, 0.6) is 0 Å². The van der Waals surface area contributed by atoms with Gasteiger partial charge in [-0.25, -0.2) is 4.39 Å². The molecule has 0 N–H and O–H groups in total. The molecule has 0 bridgehead atoms. The predicted molar refractivity (Wildman–Crippen MR) is 61.4 cm³/mol. The maximum atomic E-state index is 13.0. The molecule has 1 rings (SSSR count). The molecule has 0 spiro atoms. The van der Waals surface area contributed by atoms with Crippen LogP contribution in [0, 0.1) is 17.1 Å². The molecule has 0 heterocycles. The Morgan fingerprint density at radius 1 is 1.59 bits per heavy atom. The summed E-state index contributed by atoms with van der Waals surface area (Å²) in [5.74, 6) is -0.733. The van der Waals surface area contributed by atoms with E-state index in [0.717, 1.165) is 5.56 Å². The Hall–Kier alpha value is -2.15. The van der Waals surface area contributed by atoms with Gasteiger partial charge in [0.1, 0.15) is 5.82 Å². The lowest BCUT2D eigenvalue weighted by Crippen LogP contribution is -1.97. The zero-order chi connectivity index (χ0) is 12.7. The number of benzene rings is 1. The topological polar surface area (TPSA) is 50.1 Å². The molecule has 3 nitrogen and oxygen atoms in total. The normalized spacial score (nSPS) is 10.2. The van der Waals surface area contributed by atoms with Crippen LogP contribution >= 0.6 is 0 Å². The first-order valence-corrected chi connectivity index (χ1v) is 5.06. The van der Waals surface area contributed by atoms with E-state index in [9.17, 15) is 9.18 Å². The Morgan fingerprint density at radius 2 is 2.35 bits per heavy atom. The van der Waals surface area contributed by atoms with Crippen LogP contribution in [0.15, 0.2) is 24.3 Å². The van der Waals surface area contributed by atoms with Gasteiger partial charge >= 0.3 is 5.97 Å². The maximum absolute atomic E-state index is 13.0. The van der Waals surface area contributed by atoms with E-state index < -0.39 is 0 Å². The first-order valence-electron chi connectivity index (χ1n) is 5.06. The fraction of sp³-hybridized carbons (Fsp3) is 0.231. The van der Waals surface area contributed by atoms with Gasteiger partial charge in [-0.1, -0.05) is 18.2 Å². The Labute approximate surface area is 99.1 Å². The van der Waals surface area contributed by atoms with Crippen molar-refractivity contribution >= 4 is 12.0 Å². The van der Waals surface area contributed by atoms with Gasteiger partial charge in [0, 0.05) is 0 Å². The minimum absolute atomic E-state index is 0.124. The average Bonchev–Trinajstić information content (AvgIpc) is 2.32. The Balaban J connectivity index is 2.85. The summed E-state index contributed by atoms with van der Waals surface area (Å²) in [7, 11) is 1.31. The second-order valence-corrected chi connectivity index (χ2v) is 3.36. The van der Waals surface area contributed by atoms with Crippen LogP contribution < -0.4 is 0 Å². The molecule has 0 fully saturated rings. The maximum Gasteiger partial charge on any atom is 0.309 e. The fourth-order valence-corrected chi connectivity index (χ4v) is 1.33. The summed E-state index contributed by atoms with van der Waals surface area (Å²) in [4.78, 5) is 10.9. The molecule has 0 radical (unpaired) electrons. The summed E-state index contributed by atoms with van der Waals surface area (Å²) in [6.45, 7) is 0. The number of nitriles is 1. The minimum Gasteiger partial charge on any atom is -0.469 e. The molecule has 0 amide bonds. The Kier molecular flexibility index (Phi) is 4.89. The Morgan fingerprint density at radius 3 is 3.00 bits per heavy atom. The number of ether oxygens (including phenoxy) is 1. The predicted octanol–water partition coefficient (Wildman–Crippen LogP) is 2.47. The molecule has 0 aromatic heterocycles. The number of carbonyl (C=O) groups is 1. The SMILES string of the molecule is COC(=O)CC=Cc1cc(F)ccc1CC#N. The smallest absolute Gasteiger partial charge is 0.309 e. The van der Waals surface area contributed by atoms with Gasteiger partial charge in [-0.2, -0.15) is 5.26 Å². The van der Waals surface area contributed by atoms with Crippen LogP contribution in [0.4, 0.5) is 4.39 Å². The van der Waals surface area contributed by atoms with E-state index in [4.69, 9.17) is 5.26 Å². The summed E-state index contributed by atoms with van der Waals surface area (Å²) < 4.78 is 17.5. The van der Waals surface area contributed by atoms with Crippen molar-refractivity contribution in [3.63, 3.8) is 0 Å². The third-order valence-corrected chi connectivity index (χ3v) is 2.19. The minimum atomic E-state index is -0.371. The number of rotatable bonds is 4. The van der Waals surface area contributed by atoms with Crippen LogP contribution in [0.1, 0.15) is 17.5 Å². The highest BCUT2D eigenvalue weighted by atomic mass is 19.1. The number of hydrogen-bond donors (Lipinski definition) is 0. The van der Waals surface area contributed by atoms with Crippen LogP contribution in [-0.4, -0.2) is 13.1 Å². The first kappa shape index (κ1) is 12.9.